The van der Waals surface area contributed by atoms with Crippen molar-refractivity contribution in [1.29, 1.82) is 0 Å². The van der Waals surface area contributed by atoms with Crippen LogP contribution in [0.3, 0.4) is 0 Å². The van der Waals surface area contributed by atoms with E-state index in [0.29, 0.717) is 5.75 Å². The fraction of sp³-hybridized carbons (Fsp3) is 0.118. The van der Waals surface area contributed by atoms with Crippen molar-refractivity contribution in [3.8, 4) is 17.0 Å². The summed E-state index contributed by atoms with van der Waals surface area (Å²) in [5.41, 5.74) is 3.07. The second-order valence-corrected chi connectivity index (χ2v) is 4.68. The molecule has 0 aliphatic rings. The quantitative estimate of drug-likeness (QED) is 0.665. The molecule has 0 spiro atoms. The largest absolute Gasteiger partial charge is 0.568 e. The second kappa shape index (κ2) is 5.37. The number of aromatic nitrogens is 1. The minimum absolute atomic E-state index is 0.635. The van der Waals surface area contributed by atoms with Crippen molar-refractivity contribution in [2.45, 2.75) is 13.3 Å². The number of pyridine rings is 1. The molecular weight excluding hydrogens is 245 g/mol. The molecule has 0 unspecified atom stereocenters. The van der Waals surface area contributed by atoms with Crippen LogP contribution < -0.4 is 4.65 Å². The summed E-state index contributed by atoms with van der Waals surface area (Å²) in [6.45, 7) is 2.11. The van der Waals surface area contributed by atoms with Crippen molar-refractivity contribution in [3.05, 3.63) is 60.3 Å². The summed E-state index contributed by atoms with van der Waals surface area (Å²) in [6, 6.07) is 18.1. The molecule has 2 aromatic carbocycles. The first-order valence-corrected chi connectivity index (χ1v) is 6.67. The molecule has 0 N–H and O–H groups in total. The molecule has 0 fully saturated rings. The van der Waals surface area contributed by atoms with Gasteiger partial charge in [-0.3, -0.25) is 4.98 Å². The van der Waals surface area contributed by atoms with Gasteiger partial charge in [-0.15, -0.1) is 0 Å². The highest BCUT2D eigenvalue weighted by molar-refractivity contribution is 6.00. The molecule has 3 rings (SSSR count). The standard InChI is InChI=1S/C17H14BNO/c1-2-14-10-12-6-3-4-9-16(12)17(19-14)13-7-5-8-15(11-13)20-18/h3-11H,2H2,1H3. The van der Waals surface area contributed by atoms with Gasteiger partial charge in [-0.05, 0) is 30.0 Å². The zero-order valence-corrected chi connectivity index (χ0v) is 11.3. The van der Waals surface area contributed by atoms with Gasteiger partial charge < -0.3 is 4.65 Å². The number of nitrogens with zero attached hydrogens (tertiary/aromatic N) is 1. The summed E-state index contributed by atoms with van der Waals surface area (Å²) in [6.07, 6.45) is 0.908. The Hall–Kier alpha value is -2.29. The molecule has 0 aliphatic heterocycles. The zero-order valence-electron chi connectivity index (χ0n) is 11.3. The van der Waals surface area contributed by atoms with Crippen LogP contribution in [-0.2, 0) is 6.42 Å². The lowest BCUT2D eigenvalue weighted by atomic mass is 10.0. The van der Waals surface area contributed by atoms with Crippen molar-refractivity contribution in [1.82, 2.24) is 4.98 Å². The van der Waals surface area contributed by atoms with Gasteiger partial charge in [-0.2, -0.15) is 0 Å². The summed E-state index contributed by atoms with van der Waals surface area (Å²) in [7, 11) is 5.25. The Morgan fingerprint density at radius 2 is 1.90 bits per heavy atom. The molecule has 0 saturated heterocycles. The lowest BCUT2D eigenvalue weighted by Crippen LogP contribution is -1.93. The van der Waals surface area contributed by atoms with Crippen LogP contribution in [0.15, 0.2) is 54.6 Å². The first-order chi connectivity index (χ1) is 9.81. The molecule has 1 heterocycles. The van der Waals surface area contributed by atoms with E-state index in [0.717, 1.165) is 28.8 Å². The Balaban J connectivity index is 2.28. The third-order valence-corrected chi connectivity index (χ3v) is 3.40. The smallest absolute Gasteiger partial charge is 0.374 e. The number of benzene rings is 2. The molecule has 96 valence electrons. The zero-order chi connectivity index (χ0) is 13.9. The maximum Gasteiger partial charge on any atom is 0.374 e. The average molecular weight is 259 g/mol. The summed E-state index contributed by atoms with van der Waals surface area (Å²) in [4.78, 5) is 4.77. The lowest BCUT2D eigenvalue weighted by molar-refractivity contribution is 0.616. The van der Waals surface area contributed by atoms with E-state index in [1.165, 1.54) is 5.39 Å². The highest BCUT2D eigenvalue weighted by Crippen LogP contribution is 2.29. The van der Waals surface area contributed by atoms with E-state index in [-0.39, 0.29) is 0 Å². The summed E-state index contributed by atoms with van der Waals surface area (Å²) in [5, 5.41) is 2.34. The molecular formula is C17H14BNO. The van der Waals surface area contributed by atoms with Gasteiger partial charge in [0.15, 0.2) is 0 Å². The third kappa shape index (κ3) is 2.27. The van der Waals surface area contributed by atoms with Crippen LogP contribution in [0.4, 0.5) is 0 Å². The summed E-state index contributed by atoms with van der Waals surface area (Å²) >= 11 is 0. The van der Waals surface area contributed by atoms with Gasteiger partial charge in [0.1, 0.15) is 0 Å². The molecule has 2 radical (unpaired) electrons. The van der Waals surface area contributed by atoms with Crippen LogP contribution in [0.25, 0.3) is 22.0 Å². The van der Waals surface area contributed by atoms with Crippen molar-refractivity contribution in [2.24, 2.45) is 0 Å². The van der Waals surface area contributed by atoms with Crippen LogP contribution in [0.5, 0.6) is 5.75 Å². The number of rotatable bonds is 3. The Bertz CT molecular complexity index is 755. The third-order valence-electron chi connectivity index (χ3n) is 3.40. The van der Waals surface area contributed by atoms with Gasteiger partial charge in [0, 0.05) is 16.6 Å². The van der Waals surface area contributed by atoms with E-state index < -0.39 is 0 Å². The first-order valence-electron chi connectivity index (χ1n) is 6.67. The molecule has 3 heteroatoms. The molecule has 0 amide bonds. The van der Waals surface area contributed by atoms with Crippen molar-refractivity contribution >= 4 is 18.8 Å². The van der Waals surface area contributed by atoms with E-state index >= 15 is 0 Å². The molecule has 0 aliphatic carbocycles. The number of hydrogen-bond acceptors (Lipinski definition) is 2. The van der Waals surface area contributed by atoms with Crippen LogP contribution in [0.1, 0.15) is 12.6 Å². The summed E-state index contributed by atoms with van der Waals surface area (Å²) < 4.78 is 4.82. The van der Waals surface area contributed by atoms with Crippen molar-refractivity contribution in [3.63, 3.8) is 0 Å². The number of fused-ring (bicyclic) bond motifs is 1. The Kier molecular flexibility index (Phi) is 3.42. The lowest BCUT2D eigenvalue weighted by Gasteiger charge is -2.10. The van der Waals surface area contributed by atoms with E-state index in [9.17, 15) is 0 Å². The van der Waals surface area contributed by atoms with Gasteiger partial charge >= 0.3 is 8.05 Å². The van der Waals surface area contributed by atoms with Gasteiger partial charge in [-0.25, -0.2) is 0 Å². The Labute approximate surface area is 119 Å². The summed E-state index contributed by atoms with van der Waals surface area (Å²) in [5.74, 6) is 0.635. The normalized spacial score (nSPS) is 10.7. The minimum atomic E-state index is 0.635. The predicted octanol–water partition coefficient (Wildman–Crippen LogP) is 3.93. The van der Waals surface area contributed by atoms with Gasteiger partial charge in [-0.1, -0.05) is 43.3 Å². The van der Waals surface area contributed by atoms with Gasteiger partial charge in [0.2, 0.25) is 0 Å². The molecule has 0 bridgehead atoms. The monoisotopic (exact) mass is 259 g/mol. The second-order valence-electron chi connectivity index (χ2n) is 4.68. The highest BCUT2D eigenvalue weighted by Gasteiger charge is 2.08. The fourth-order valence-electron chi connectivity index (χ4n) is 2.37. The predicted molar refractivity (Wildman–Crippen MR) is 82.9 cm³/mol. The topological polar surface area (TPSA) is 22.1 Å². The number of aryl methyl sites for hydroxylation is 1. The molecule has 0 atom stereocenters. The molecule has 1 aromatic heterocycles. The maximum atomic E-state index is 5.25. The first kappa shape index (κ1) is 12.7. The van der Waals surface area contributed by atoms with Crippen LogP contribution >= 0.6 is 0 Å². The number of hydrogen-bond donors (Lipinski definition) is 0. The van der Waals surface area contributed by atoms with E-state index in [1.54, 1.807) is 0 Å². The van der Waals surface area contributed by atoms with Crippen LogP contribution in [0, 0.1) is 0 Å². The fourth-order valence-corrected chi connectivity index (χ4v) is 2.37. The van der Waals surface area contributed by atoms with E-state index in [1.807, 2.05) is 36.4 Å². The minimum Gasteiger partial charge on any atom is -0.568 e. The Morgan fingerprint density at radius 3 is 2.70 bits per heavy atom. The van der Waals surface area contributed by atoms with Crippen LogP contribution in [-0.4, -0.2) is 13.0 Å². The average Bonchev–Trinajstić information content (AvgIpc) is 2.53. The van der Waals surface area contributed by atoms with Crippen molar-refractivity contribution in [2.75, 3.05) is 0 Å². The van der Waals surface area contributed by atoms with E-state index in [2.05, 4.69) is 25.1 Å². The SMILES string of the molecule is [B]Oc1cccc(-c2nc(CC)cc3ccccc23)c1. The molecule has 2 nitrogen and oxygen atoms in total. The Morgan fingerprint density at radius 1 is 1.05 bits per heavy atom. The van der Waals surface area contributed by atoms with Crippen molar-refractivity contribution < 1.29 is 4.65 Å². The van der Waals surface area contributed by atoms with E-state index in [4.69, 9.17) is 17.7 Å². The van der Waals surface area contributed by atoms with Crippen LogP contribution in [0.2, 0.25) is 0 Å². The molecule has 20 heavy (non-hydrogen) atoms. The maximum absolute atomic E-state index is 5.25. The van der Waals surface area contributed by atoms with Gasteiger partial charge in [0.25, 0.3) is 0 Å². The molecule has 3 aromatic rings. The highest BCUT2D eigenvalue weighted by atomic mass is 16.4. The molecule has 0 saturated carbocycles. The van der Waals surface area contributed by atoms with Gasteiger partial charge in [0.05, 0.1) is 11.4 Å².